The maximum atomic E-state index is 11.6. The largest absolute Gasteiger partial charge is 0.459 e. The zero-order valence-corrected chi connectivity index (χ0v) is 17.6. The molecule has 0 unspecified atom stereocenters. The molecule has 0 bridgehead atoms. The molecule has 3 rings (SSSR count). The van der Waals surface area contributed by atoms with Crippen LogP contribution in [0.2, 0.25) is 0 Å². The van der Waals surface area contributed by atoms with Crippen LogP contribution in [-0.4, -0.2) is 28.5 Å². The smallest absolute Gasteiger partial charge is 0.215 e. The fraction of sp³-hybridized carbons (Fsp3) is 0.286. The van der Waals surface area contributed by atoms with Gasteiger partial charge in [-0.2, -0.15) is 0 Å². The fourth-order valence-corrected chi connectivity index (χ4v) is 3.78. The van der Waals surface area contributed by atoms with Gasteiger partial charge in [0, 0.05) is 24.5 Å². The fourth-order valence-electron chi connectivity index (χ4n) is 3.01. The van der Waals surface area contributed by atoms with Crippen LogP contribution >= 0.6 is 0 Å². The predicted octanol–water partition coefficient (Wildman–Crippen LogP) is 2.66. The molecule has 8 heteroatoms. The van der Waals surface area contributed by atoms with E-state index in [2.05, 4.69) is 33.3 Å². The Morgan fingerprint density at radius 2 is 1.66 bits per heavy atom. The maximum absolute atomic E-state index is 11.6. The van der Waals surface area contributed by atoms with E-state index in [0.717, 1.165) is 33.4 Å². The van der Waals surface area contributed by atoms with Gasteiger partial charge < -0.3 is 15.1 Å². The molecule has 0 aliphatic heterocycles. The van der Waals surface area contributed by atoms with Gasteiger partial charge in [-0.25, -0.2) is 13.1 Å². The number of hydrogen-bond acceptors (Lipinski definition) is 4. The number of guanidine groups is 1. The Hall–Kier alpha value is -2.84. The van der Waals surface area contributed by atoms with Gasteiger partial charge in [0.05, 0.1) is 12.3 Å². The first kappa shape index (κ1) is 20.9. The van der Waals surface area contributed by atoms with E-state index in [1.807, 2.05) is 42.5 Å². The molecule has 0 spiro atoms. The number of aryl methyl sites for hydroxylation is 1. The molecule has 0 saturated carbocycles. The van der Waals surface area contributed by atoms with E-state index >= 15 is 0 Å². The van der Waals surface area contributed by atoms with Crippen LogP contribution < -0.4 is 15.4 Å². The van der Waals surface area contributed by atoms with Gasteiger partial charge in [-0.1, -0.05) is 42.5 Å². The minimum Gasteiger partial charge on any atom is -0.459 e. The topological polar surface area (TPSA) is 95.7 Å². The van der Waals surface area contributed by atoms with Gasteiger partial charge in [-0.05, 0) is 31.2 Å². The minimum absolute atomic E-state index is 0.0305. The average Bonchev–Trinajstić information content (AvgIpc) is 3.05. The lowest BCUT2D eigenvalue weighted by atomic mass is 10.1. The summed E-state index contributed by atoms with van der Waals surface area (Å²) in [5.74, 6) is 1.51. The van der Waals surface area contributed by atoms with Crippen LogP contribution in [0.5, 0.6) is 0 Å². The standard InChI is InChI=1S/C21H26N4O3S/c1-15-18-6-4-5-7-19(18)28-20(15)13-25-21(22-2)24-12-16-8-10-17(11-9-16)14-29(26,27)23-3/h4-11,23H,12-14H2,1-3H3,(H2,22,24,25). The van der Waals surface area contributed by atoms with E-state index in [9.17, 15) is 8.42 Å². The minimum atomic E-state index is -3.27. The zero-order valence-electron chi connectivity index (χ0n) is 16.8. The molecule has 0 aliphatic rings. The third-order valence-electron chi connectivity index (χ3n) is 4.73. The molecule has 1 heterocycles. The lowest BCUT2D eigenvalue weighted by Gasteiger charge is -2.12. The Labute approximate surface area is 171 Å². The predicted molar refractivity (Wildman–Crippen MR) is 116 cm³/mol. The Morgan fingerprint density at radius 3 is 2.31 bits per heavy atom. The third kappa shape index (κ3) is 5.36. The van der Waals surface area contributed by atoms with Crippen molar-refractivity contribution in [2.75, 3.05) is 14.1 Å². The van der Waals surface area contributed by atoms with Gasteiger partial charge in [0.15, 0.2) is 5.96 Å². The molecule has 0 atom stereocenters. The lowest BCUT2D eigenvalue weighted by Crippen LogP contribution is -2.36. The SMILES string of the molecule is CN=C(NCc1ccc(CS(=O)(=O)NC)cc1)NCc1oc2ccccc2c1C. The quantitative estimate of drug-likeness (QED) is 0.408. The molecule has 0 fully saturated rings. The van der Waals surface area contributed by atoms with Crippen molar-refractivity contribution in [2.24, 2.45) is 4.99 Å². The molecule has 0 radical (unpaired) electrons. The molecule has 1 aromatic heterocycles. The van der Waals surface area contributed by atoms with Gasteiger partial charge in [-0.3, -0.25) is 4.99 Å². The van der Waals surface area contributed by atoms with Crippen molar-refractivity contribution >= 4 is 27.0 Å². The first-order valence-corrected chi connectivity index (χ1v) is 11.0. The summed E-state index contributed by atoms with van der Waals surface area (Å²) in [5.41, 5.74) is 3.77. The Kier molecular flexibility index (Phi) is 6.56. The summed E-state index contributed by atoms with van der Waals surface area (Å²) in [6.45, 7) is 3.15. The normalized spacial score (nSPS) is 12.3. The van der Waals surface area contributed by atoms with Crippen LogP contribution in [0.3, 0.4) is 0 Å². The molecule has 7 nitrogen and oxygen atoms in total. The summed E-state index contributed by atoms with van der Waals surface area (Å²) in [5, 5.41) is 7.64. The molecule has 0 aliphatic carbocycles. The number of furan rings is 1. The van der Waals surface area contributed by atoms with Gasteiger partial charge in [0.1, 0.15) is 11.3 Å². The second-order valence-corrected chi connectivity index (χ2v) is 8.63. The maximum Gasteiger partial charge on any atom is 0.215 e. The summed E-state index contributed by atoms with van der Waals surface area (Å²) in [4.78, 5) is 4.24. The highest BCUT2D eigenvalue weighted by atomic mass is 32.2. The highest BCUT2D eigenvalue weighted by molar-refractivity contribution is 7.88. The first-order chi connectivity index (χ1) is 13.9. The summed E-state index contributed by atoms with van der Waals surface area (Å²) >= 11 is 0. The van der Waals surface area contributed by atoms with Crippen LogP contribution in [0.1, 0.15) is 22.5 Å². The first-order valence-electron chi connectivity index (χ1n) is 9.32. The van der Waals surface area contributed by atoms with E-state index < -0.39 is 10.0 Å². The number of nitrogens with one attached hydrogen (secondary N) is 3. The molecule has 0 saturated heterocycles. The van der Waals surface area contributed by atoms with E-state index in [4.69, 9.17) is 4.42 Å². The van der Waals surface area contributed by atoms with Crippen molar-refractivity contribution in [1.29, 1.82) is 0 Å². The summed E-state index contributed by atoms with van der Waals surface area (Å²) in [6, 6.07) is 15.4. The molecular weight excluding hydrogens is 388 g/mol. The van der Waals surface area contributed by atoms with Crippen LogP contribution in [-0.2, 0) is 28.9 Å². The van der Waals surface area contributed by atoms with Gasteiger partial charge >= 0.3 is 0 Å². The molecule has 0 amide bonds. The highest BCUT2D eigenvalue weighted by Gasteiger charge is 2.11. The molecular formula is C21H26N4O3S. The molecule has 2 aromatic carbocycles. The number of sulfonamides is 1. The number of hydrogen-bond donors (Lipinski definition) is 3. The molecule has 29 heavy (non-hydrogen) atoms. The number of fused-ring (bicyclic) bond motifs is 1. The van der Waals surface area contributed by atoms with Crippen LogP contribution in [0.4, 0.5) is 0 Å². The van der Waals surface area contributed by atoms with Crippen LogP contribution in [0.15, 0.2) is 57.9 Å². The Balaban J connectivity index is 1.56. The lowest BCUT2D eigenvalue weighted by molar-refractivity contribution is 0.534. The molecule has 3 aromatic rings. The van der Waals surface area contributed by atoms with Crippen molar-refractivity contribution in [2.45, 2.75) is 25.8 Å². The summed E-state index contributed by atoms with van der Waals surface area (Å²) < 4.78 is 31.5. The average molecular weight is 415 g/mol. The van der Waals surface area contributed by atoms with E-state index in [1.54, 1.807) is 7.05 Å². The van der Waals surface area contributed by atoms with Crippen LogP contribution in [0.25, 0.3) is 11.0 Å². The van der Waals surface area contributed by atoms with Crippen molar-refractivity contribution in [1.82, 2.24) is 15.4 Å². The van der Waals surface area contributed by atoms with E-state index in [1.165, 1.54) is 7.05 Å². The number of para-hydroxylation sites is 1. The van der Waals surface area contributed by atoms with E-state index in [0.29, 0.717) is 19.0 Å². The van der Waals surface area contributed by atoms with Crippen molar-refractivity contribution in [3.05, 3.63) is 71.0 Å². The highest BCUT2D eigenvalue weighted by Crippen LogP contribution is 2.24. The van der Waals surface area contributed by atoms with E-state index in [-0.39, 0.29) is 5.75 Å². The van der Waals surface area contributed by atoms with Crippen molar-refractivity contribution < 1.29 is 12.8 Å². The molecule has 3 N–H and O–H groups in total. The summed E-state index contributed by atoms with van der Waals surface area (Å²) in [7, 11) is -0.135. The third-order valence-corrected chi connectivity index (χ3v) is 6.07. The second kappa shape index (κ2) is 9.11. The van der Waals surface area contributed by atoms with Crippen molar-refractivity contribution in [3.8, 4) is 0 Å². The number of nitrogens with zero attached hydrogens (tertiary/aromatic N) is 1. The van der Waals surface area contributed by atoms with Gasteiger partial charge in [0.25, 0.3) is 0 Å². The van der Waals surface area contributed by atoms with Crippen LogP contribution in [0, 0.1) is 6.92 Å². The van der Waals surface area contributed by atoms with Crippen molar-refractivity contribution in [3.63, 3.8) is 0 Å². The summed E-state index contributed by atoms with van der Waals surface area (Å²) in [6.07, 6.45) is 0. The van der Waals surface area contributed by atoms with Gasteiger partial charge in [-0.15, -0.1) is 0 Å². The Morgan fingerprint density at radius 1 is 1.00 bits per heavy atom. The number of rotatable bonds is 7. The second-order valence-electron chi connectivity index (χ2n) is 6.71. The van der Waals surface area contributed by atoms with Gasteiger partial charge in [0.2, 0.25) is 10.0 Å². The monoisotopic (exact) mass is 414 g/mol. The zero-order chi connectivity index (χ0) is 20.9. The number of benzene rings is 2. The number of aliphatic imine (C=N–C) groups is 1. The molecule has 154 valence electrons. The Bertz CT molecular complexity index is 1100.